The van der Waals surface area contributed by atoms with Gasteiger partial charge in [0.05, 0.1) is 12.2 Å². The first-order valence-electron chi connectivity index (χ1n) is 4.47. The Kier molecular flexibility index (Phi) is 2.90. The van der Waals surface area contributed by atoms with Crippen molar-refractivity contribution < 1.29 is 4.74 Å². The lowest BCUT2D eigenvalue weighted by atomic mass is 9.92. The first-order valence-corrected chi connectivity index (χ1v) is 4.47. The van der Waals surface area contributed by atoms with E-state index in [9.17, 15) is 0 Å². The van der Waals surface area contributed by atoms with Crippen LogP contribution in [0.4, 0.5) is 0 Å². The van der Waals surface area contributed by atoms with E-state index in [1.165, 1.54) is 12.8 Å². The van der Waals surface area contributed by atoms with Gasteiger partial charge in [0.2, 0.25) is 0 Å². The molecule has 1 aliphatic heterocycles. The molecule has 2 unspecified atom stereocenters. The maximum atomic E-state index is 5.37. The number of rotatable bonds is 5. The molecule has 1 heterocycles. The molecule has 0 aromatic carbocycles. The molecule has 2 nitrogen and oxygen atoms in total. The summed E-state index contributed by atoms with van der Waals surface area (Å²) in [5.41, 5.74) is 0.230. The second kappa shape index (κ2) is 3.55. The molecule has 0 aromatic rings. The van der Waals surface area contributed by atoms with Gasteiger partial charge in [0.1, 0.15) is 0 Å². The Bertz CT molecular complexity index is 121. The third-order valence-electron chi connectivity index (χ3n) is 2.71. The maximum Gasteiger partial charge on any atom is 0.0913 e. The van der Waals surface area contributed by atoms with Crippen molar-refractivity contribution in [2.45, 2.75) is 32.3 Å². The summed E-state index contributed by atoms with van der Waals surface area (Å²) in [4.78, 5) is 0. The second-order valence-corrected chi connectivity index (χ2v) is 3.75. The molecule has 0 aliphatic carbocycles. The topological polar surface area (TPSA) is 24.6 Å². The molecule has 1 aliphatic rings. The third kappa shape index (κ3) is 2.46. The summed E-state index contributed by atoms with van der Waals surface area (Å²) < 4.78 is 5.37. The van der Waals surface area contributed by atoms with Crippen molar-refractivity contribution in [1.82, 2.24) is 5.32 Å². The Labute approximate surface area is 69.3 Å². The number of hydrogen-bond donors (Lipinski definition) is 1. The van der Waals surface area contributed by atoms with Gasteiger partial charge in [-0.1, -0.05) is 6.92 Å². The van der Waals surface area contributed by atoms with Crippen molar-refractivity contribution in [2.24, 2.45) is 5.92 Å². The highest BCUT2D eigenvalue weighted by Gasteiger charge is 2.43. The van der Waals surface area contributed by atoms with Crippen LogP contribution in [0.5, 0.6) is 0 Å². The van der Waals surface area contributed by atoms with Gasteiger partial charge in [-0.25, -0.2) is 0 Å². The van der Waals surface area contributed by atoms with E-state index in [0.717, 1.165) is 19.1 Å². The minimum Gasteiger partial charge on any atom is -0.370 e. The Morgan fingerprint density at radius 3 is 2.73 bits per heavy atom. The molecule has 1 saturated heterocycles. The zero-order chi connectivity index (χ0) is 8.32. The Hall–Kier alpha value is -0.0800. The molecule has 11 heavy (non-hydrogen) atoms. The lowest BCUT2D eigenvalue weighted by Gasteiger charge is -2.14. The molecular weight excluding hydrogens is 138 g/mol. The van der Waals surface area contributed by atoms with Crippen LogP contribution < -0.4 is 5.32 Å². The average Bonchev–Trinajstić information content (AvgIpc) is 2.70. The second-order valence-electron chi connectivity index (χ2n) is 3.75. The zero-order valence-corrected chi connectivity index (χ0v) is 7.81. The highest BCUT2D eigenvalue weighted by atomic mass is 16.6. The van der Waals surface area contributed by atoms with E-state index in [4.69, 9.17) is 4.74 Å². The molecular formula is C9H19NO. The van der Waals surface area contributed by atoms with Gasteiger partial charge in [0.25, 0.3) is 0 Å². The highest BCUT2D eigenvalue weighted by molar-refractivity contribution is 4.91. The van der Waals surface area contributed by atoms with Crippen molar-refractivity contribution in [2.75, 3.05) is 20.2 Å². The first-order chi connectivity index (χ1) is 5.19. The molecule has 0 saturated carbocycles. The van der Waals surface area contributed by atoms with E-state index >= 15 is 0 Å². The summed E-state index contributed by atoms with van der Waals surface area (Å²) in [6.45, 7) is 6.58. The lowest BCUT2D eigenvalue weighted by Crippen LogP contribution is -2.19. The van der Waals surface area contributed by atoms with Crippen molar-refractivity contribution in [1.29, 1.82) is 0 Å². The van der Waals surface area contributed by atoms with Gasteiger partial charge in [-0.15, -0.1) is 0 Å². The van der Waals surface area contributed by atoms with Crippen LogP contribution >= 0.6 is 0 Å². The normalized spacial score (nSPS) is 31.9. The SMILES string of the molecule is CNCCCC(C)C1(C)CO1. The maximum absolute atomic E-state index is 5.37. The molecule has 1 rings (SSSR count). The quantitative estimate of drug-likeness (QED) is 0.482. The van der Waals surface area contributed by atoms with E-state index in [-0.39, 0.29) is 5.60 Å². The monoisotopic (exact) mass is 157 g/mol. The summed E-state index contributed by atoms with van der Waals surface area (Å²) in [7, 11) is 2.00. The smallest absolute Gasteiger partial charge is 0.0913 e. The molecule has 0 aromatic heterocycles. The average molecular weight is 157 g/mol. The third-order valence-corrected chi connectivity index (χ3v) is 2.71. The van der Waals surface area contributed by atoms with Gasteiger partial charge in [0, 0.05) is 0 Å². The predicted molar refractivity (Wildman–Crippen MR) is 46.7 cm³/mol. The van der Waals surface area contributed by atoms with Crippen LogP contribution in [-0.4, -0.2) is 25.8 Å². The van der Waals surface area contributed by atoms with Crippen LogP contribution in [0, 0.1) is 5.92 Å². The summed E-state index contributed by atoms with van der Waals surface area (Å²) in [5.74, 6) is 0.718. The lowest BCUT2D eigenvalue weighted by molar-refractivity contribution is 0.235. The number of hydrogen-bond acceptors (Lipinski definition) is 2. The fourth-order valence-corrected chi connectivity index (χ4v) is 1.29. The van der Waals surface area contributed by atoms with Gasteiger partial charge in [-0.3, -0.25) is 0 Å². The first kappa shape index (κ1) is 9.01. The molecule has 1 fully saturated rings. The van der Waals surface area contributed by atoms with Crippen molar-refractivity contribution in [3.05, 3.63) is 0 Å². The van der Waals surface area contributed by atoms with Gasteiger partial charge in [-0.05, 0) is 39.3 Å². The largest absolute Gasteiger partial charge is 0.370 e. The van der Waals surface area contributed by atoms with E-state index in [1.807, 2.05) is 7.05 Å². The van der Waals surface area contributed by atoms with E-state index in [1.54, 1.807) is 0 Å². The van der Waals surface area contributed by atoms with Gasteiger partial charge >= 0.3 is 0 Å². The molecule has 1 N–H and O–H groups in total. The molecule has 0 amide bonds. The van der Waals surface area contributed by atoms with Crippen LogP contribution in [0.2, 0.25) is 0 Å². The summed E-state index contributed by atoms with van der Waals surface area (Å²) in [6, 6.07) is 0. The number of ether oxygens (including phenoxy) is 1. The Morgan fingerprint density at radius 2 is 2.27 bits per heavy atom. The summed E-state index contributed by atoms with van der Waals surface area (Å²) in [6.07, 6.45) is 2.54. The Balaban J connectivity index is 2.06. The highest BCUT2D eigenvalue weighted by Crippen LogP contribution is 2.36. The van der Waals surface area contributed by atoms with E-state index < -0.39 is 0 Å². The minimum absolute atomic E-state index is 0.230. The van der Waals surface area contributed by atoms with Crippen LogP contribution in [-0.2, 0) is 4.74 Å². The van der Waals surface area contributed by atoms with Crippen molar-refractivity contribution in [3.63, 3.8) is 0 Å². The minimum atomic E-state index is 0.230. The van der Waals surface area contributed by atoms with Crippen molar-refractivity contribution in [3.8, 4) is 0 Å². The van der Waals surface area contributed by atoms with Gasteiger partial charge < -0.3 is 10.1 Å². The van der Waals surface area contributed by atoms with Gasteiger partial charge in [-0.2, -0.15) is 0 Å². The van der Waals surface area contributed by atoms with Crippen LogP contribution in [0.25, 0.3) is 0 Å². The molecule has 0 bridgehead atoms. The van der Waals surface area contributed by atoms with Gasteiger partial charge in [0.15, 0.2) is 0 Å². The fourth-order valence-electron chi connectivity index (χ4n) is 1.29. The zero-order valence-electron chi connectivity index (χ0n) is 7.81. The van der Waals surface area contributed by atoms with E-state index in [2.05, 4.69) is 19.2 Å². The molecule has 2 heteroatoms. The van der Waals surface area contributed by atoms with Crippen LogP contribution in [0.3, 0.4) is 0 Å². The summed E-state index contributed by atoms with van der Waals surface area (Å²) >= 11 is 0. The van der Waals surface area contributed by atoms with Crippen LogP contribution in [0.15, 0.2) is 0 Å². The number of epoxide rings is 1. The molecule has 0 spiro atoms. The van der Waals surface area contributed by atoms with Crippen LogP contribution in [0.1, 0.15) is 26.7 Å². The standard InChI is InChI=1S/C9H19NO/c1-8(5-4-6-10-3)9(2)7-11-9/h8,10H,4-7H2,1-3H3. The van der Waals surface area contributed by atoms with E-state index in [0.29, 0.717) is 0 Å². The fraction of sp³-hybridized carbons (Fsp3) is 1.00. The predicted octanol–water partition coefficient (Wildman–Crippen LogP) is 1.41. The molecule has 2 atom stereocenters. The van der Waals surface area contributed by atoms with Crippen molar-refractivity contribution >= 4 is 0 Å². The molecule has 66 valence electrons. The summed E-state index contributed by atoms with van der Waals surface area (Å²) in [5, 5.41) is 3.15. The molecule has 0 radical (unpaired) electrons. The Morgan fingerprint density at radius 1 is 1.64 bits per heavy atom. The number of nitrogens with one attached hydrogen (secondary N) is 1.